The highest BCUT2D eigenvalue weighted by atomic mass is 32.2. The molecule has 4 saturated carbocycles. The van der Waals surface area contributed by atoms with Crippen molar-refractivity contribution >= 4 is 10.0 Å². The monoisotopic (exact) mass is 497 g/mol. The van der Waals surface area contributed by atoms with Crippen molar-refractivity contribution in [1.82, 2.24) is 4.31 Å². The molecule has 8 unspecified atom stereocenters. The Hall–Kier alpha value is -0.410. The number of sulfonamides is 1. The van der Waals surface area contributed by atoms with Gasteiger partial charge < -0.3 is 4.74 Å². The molecule has 33 heavy (non-hydrogen) atoms. The van der Waals surface area contributed by atoms with Crippen LogP contribution >= 0.6 is 0 Å². The van der Waals surface area contributed by atoms with E-state index in [2.05, 4.69) is 0 Å². The number of hydrogen-bond acceptors (Lipinski definition) is 3. The average molecular weight is 498 g/mol. The van der Waals surface area contributed by atoms with Crippen molar-refractivity contribution in [2.75, 3.05) is 6.54 Å². The van der Waals surface area contributed by atoms with E-state index in [0.717, 1.165) is 38.5 Å². The minimum absolute atomic E-state index is 0.0140. The van der Waals surface area contributed by atoms with E-state index in [1.807, 2.05) is 0 Å². The van der Waals surface area contributed by atoms with Crippen molar-refractivity contribution < 1.29 is 30.7 Å². The molecule has 0 aromatic heterocycles. The van der Waals surface area contributed by atoms with Crippen molar-refractivity contribution in [3.8, 4) is 0 Å². The Labute approximate surface area is 195 Å². The van der Waals surface area contributed by atoms with Gasteiger partial charge in [-0.3, -0.25) is 0 Å². The number of ether oxygens (including phenoxy) is 1. The van der Waals surface area contributed by atoms with Gasteiger partial charge in [0.25, 0.3) is 0 Å². The summed E-state index contributed by atoms with van der Waals surface area (Å²) in [6.07, 6.45) is 2.29. The molecule has 4 fully saturated rings. The first kappa shape index (κ1) is 25.7. The molecule has 9 heteroatoms. The van der Waals surface area contributed by atoms with Crippen LogP contribution in [0.25, 0.3) is 0 Å². The Bertz CT molecular complexity index is 761. The van der Waals surface area contributed by atoms with Gasteiger partial charge in [0.05, 0.1) is 23.4 Å². The van der Waals surface area contributed by atoms with Gasteiger partial charge in [-0.2, -0.15) is 17.5 Å². The molecule has 0 aromatic carbocycles. The van der Waals surface area contributed by atoms with Crippen LogP contribution in [0, 0.1) is 17.8 Å². The summed E-state index contributed by atoms with van der Waals surface area (Å²) < 4.78 is 89.2. The van der Waals surface area contributed by atoms with E-state index in [0.29, 0.717) is 31.6 Å². The van der Waals surface area contributed by atoms with Gasteiger partial charge in [0.2, 0.25) is 10.0 Å². The summed E-state index contributed by atoms with van der Waals surface area (Å²) in [4.78, 5) is 0. The lowest BCUT2D eigenvalue weighted by Gasteiger charge is -2.41. The number of halogens is 4. The Morgan fingerprint density at radius 1 is 0.909 bits per heavy atom. The molecule has 4 aliphatic carbocycles. The zero-order chi connectivity index (χ0) is 23.8. The fraction of sp³-hybridized carbons (Fsp3) is 1.00. The Kier molecular flexibility index (Phi) is 8.01. The molecule has 0 aromatic rings. The highest BCUT2D eigenvalue weighted by Gasteiger charge is 2.48. The number of nitrogens with zero attached hydrogens (tertiary/aromatic N) is 1. The molecule has 0 spiro atoms. The molecule has 0 N–H and O–H groups in total. The minimum atomic E-state index is -4.35. The predicted octanol–water partition coefficient (Wildman–Crippen LogP) is 6.00. The summed E-state index contributed by atoms with van der Waals surface area (Å²) in [7, 11) is -3.83. The fourth-order valence-corrected chi connectivity index (χ4v) is 9.45. The van der Waals surface area contributed by atoms with Gasteiger partial charge in [-0.15, -0.1) is 0 Å². The molecule has 0 radical (unpaired) electrons. The van der Waals surface area contributed by atoms with Crippen molar-refractivity contribution in [2.24, 2.45) is 17.8 Å². The molecule has 4 rings (SSSR count). The summed E-state index contributed by atoms with van der Waals surface area (Å²) in [5.74, 6) is -1.17. The van der Waals surface area contributed by atoms with Gasteiger partial charge in [0.1, 0.15) is 6.17 Å². The highest BCUT2D eigenvalue weighted by molar-refractivity contribution is 7.89. The Balaban J connectivity index is 1.41. The second kappa shape index (κ2) is 10.3. The lowest BCUT2D eigenvalue weighted by molar-refractivity contribution is -0.181. The van der Waals surface area contributed by atoms with Crippen LogP contribution in [0.2, 0.25) is 0 Å². The van der Waals surface area contributed by atoms with Crippen LogP contribution in [0.1, 0.15) is 90.4 Å². The molecule has 0 aliphatic heterocycles. The van der Waals surface area contributed by atoms with Gasteiger partial charge in [-0.1, -0.05) is 19.8 Å². The lowest BCUT2D eigenvalue weighted by atomic mass is 9.79. The first-order valence-corrected chi connectivity index (χ1v) is 14.5. The topological polar surface area (TPSA) is 46.6 Å². The van der Waals surface area contributed by atoms with Gasteiger partial charge in [0.15, 0.2) is 0 Å². The van der Waals surface area contributed by atoms with Gasteiger partial charge in [-0.25, -0.2) is 12.8 Å². The van der Waals surface area contributed by atoms with E-state index in [9.17, 15) is 26.0 Å². The summed E-state index contributed by atoms with van der Waals surface area (Å²) >= 11 is 0. The van der Waals surface area contributed by atoms with Crippen LogP contribution in [0.3, 0.4) is 0 Å². The first-order valence-electron chi connectivity index (χ1n) is 13.0. The quantitative estimate of drug-likeness (QED) is 0.423. The third-order valence-corrected chi connectivity index (χ3v) is 11.3. The zero-order valence-corrected chi connectivity index (χ0v) is 20.4. The van der Waals surface area contributed by atoms with Crippen LogP contribution in [-0.2, 0) is 14.8 Å². The second-order valence-corrected chi connectivity index (χ2v) is 12.9. The van der Waals surface area contributed by atoms with E-state index in [1.165, 1.54) is 4.31 Å². The molecule has 0 saturated heterocycles. The van der Waals surface area contributed by atoms with Crippen LogP contribution in [-0.4, -0.2) is 55.1 Å². The smallest absolute Gasteiger partial charge is 0.375 e. The molecule has 192 valence electrons. The maximum atomic E-state index is 14.6. The maximum Gasteiger partial charge on any atom is 0.391 e. The minimum Gasteiger partial charge on any atom is -0.375 e. The van der Waals surface area contributed by atoms with E-state index in [1.54, 1.807) is 6.92 Å². The van der Waals surface area contributed by atoms with E-state index in [-0.39, 0.29) is 50.0 Å². The SMILES string of the molecule is CCN(C1CCCC(OC2CCC3CCCC(F)C32)C1)S(=O)(=O)C1CCCC(C(F)(F)F)C1. The zero-order valence-electron chi connectivity index (χ0n) is 19.6. The lowest BCUT2D eigenvalue weighted by Crippen LogP contribution is -2.50. The molecule has 0 heterocycles. The predicted molar refractivity (Wildman–Crippen MR) is 119 cm³/mol. The van der Waals surface area contributed by atoms with E-state index in [4.69, 9.17) is 4.74 Å². The molecule has 0 amide bonds. The van der Waals surface area contributed by atoms with Crippen LogP contribution in [0.15, 0.2) is 0 Å². The van der Waals surface area contributed by atoms with Crippen molar-refractivity contribution in [3.63, 3.8) is 0 Å². The number of fused-ring (bicyclic) bond motifs is 1. The first-order chi connectivity index (χ1) is 15.6. The molecule has 4 nitrogen and oxygen atoms in total. The van der Waals surface area contributed by atoms with Crippen molar-refractivity contribution in [1.29, 1.82) is 0 Å². The summed E-state index contributed by atoms with van der Waals surface area (Å²) in [6, 6.07) is -0.255. The third kappa shape index (κ3) is 5.55. The normalized spacial score (nSPS) is 40.7. The van der Waals surface area contributed by atoms with E-state index < -0.39 is 33.5 Å². The average Bonchev–Trinajstić information content (AvgIpc) is 3.18. The molecule has 0 bridgehead atoms. The largest absolute Gasteiger partial charge is 0.391 e. The summed E-state index contributed by atoms with van der Waals surface area (Å²) in [6.45, 7) is 2.02. The summed E-state index contributed by atoms with van der Waals surface area (Å²) in [5, 5.41) is -0.968. The van der Waals surface area contributed by atoms with Gasteiger partial charge >= 0.3 is 6.18 Å². The molecule has 4 aliphatic rings. The van der Waals surface area contributed by atoms with Gasteiger partial charge in [0, 0.05) is 18.5 Å². The summed E-state index contributed by atoms with van der Waals surface area (Å²) in [5.41, 5.74) is 0. The Morgan fingerprint density at radius 3 is 2.36 bits per heavy atom. The second-order valence-electron chi connectivity index (χ2n) is 10.8. The number of alkyl halides is 4. The van der Waals surface area contributed by atoms with Crippen molar-refractivity contribution in [3.05, 3.63) is 0 Å². The number of hydrogen-bond donors (Lipinski definition) is 0. The van der Waals surface area contributed by atoms with Gasteiger partial charge in [-0.05, 0) is 76.5 Å². The van der Waals surface area contributed by atoms with E-state index >= 15 is 0 Å². The van der Waals surface area contributed by atoms with Crippen molar-refractivity contribution in [2.45, 2.75) is 126 Å². The molecular weight excluding hydrogens is 458 g/mol. The highest BCUT2D eigenvalue weighted by Crippen LogP contribution is 2.46. The van der Waals surface area contributed by atoms with Crippen LogP contribution < -0.4 is 0 Å². The standard InChI is InChI=1S/C24H39F4NO3S/c1-2-29(33(30,31)20-10-4-7-17(14-20)24(26,27)28)18-8-5-9-19(15-18)32-22-13-12-16-6-3-11-21(25)23(16)22/h16-23H,2-15H2,1H3. The molecular formula is C24H39F4NO3S. The Morgan fingerprint density at radius 2 is 1.64 bits per heavy atom. The van der Waals surface area contributed by atoms with Crippen LogP contribution in [0.5, 0.6) is 0 Å². The third-order valence-electron chi connectivity index (χ3n) is 8.79. The molecule has 8 atom stereocenters. The number of rotatable bonds is 6. The maximum absolute atomic E-state index is 14.6. The van der Waals surface area contributed by atoms with Crippen LogP contribution in [0.4, 0.5) is 17.6 Å². The fourth-order valence-electron chi connectivity index (χ4n) is 7.16.